The molecule has 0 N–H and O–H groups in total. The minimum atomic E-state index is -1.08. The zero-order valence-corrected chi connectivity index (χ0v) is 18.9. The standard InChI is InChI=1S/C24H12Cl2F2N2O5/c25-15-11-17(23(29(31)32)19(21(15)27)13-7-3-1-4-8-13)35-18-12-16(26)22(28)20(24(18)30(33)34)14-9-5-2-6-10-14/h1-12H. The molecule has 4 rings (SSSR count). The number of ether oxygens (including phenoxy) is 1. The number of rotatable bonds is 6. The van der Waals surface area contributed by atoms with E-state index in [1.165, 1.54) is 48.5 Å². The molecule has 0 aliphatic heterocycles. The Morgan fingerprint density at radius 2 is 1.00 bits per heavy atom. The molecule has 35 heavy (non-hydrogen) atoms. The fraction of sp³-hybridized carbons (Fsp3) is 0. The maximum atomic E-state index is 15.0. The molecule has 0 unspecified atom stereocenters. The van der Waals surface area contributed by atoms with E-state index in [-0.39, 0.29) is 11.1 Å². The van der Waals surface area contributed by atoms with Crippen molar-refractivity contribution in [2.75, 3.05) is 0 Å². The van der Waals surface area contributed by atoms with Gasteiger partial charge < -0.3 is 4.74 Å². The van der Waals surface area contributed by atoms with Crippen molar-refractivity contribution < 1.29 is 23.4 Å². The second-order valence-electron chi connectivity index (χ2n) is 7.14. The van der Waals surface area contributed by atoms with Crippen LogP contribution >= 0.6 is 23.2 Å². The molecule has 176 valence electrons. The van der Waals surface area contributed by atoms with Crippen LogP contribution in [0.3, 0.4) is 0 Å². The van der Waals surface area contributed by atoms with E-state index in [9.17, 15) is 29.0 Å². The Morgan fingerprint density at radius 1 is 0.657 bits per heavy atom. The van der Waals surface area contributed by atoms with Crippen molar-refractivity contribution in [3.8, 4) is 33.8 Å². The van der Waals surface area contributed by atoms with Crippen molar-refractivity contribution in [3.63, 3.8) is 0 Å². The van der Waals surface area contributed by atoms with E-state index in [2.05, 4.69) is 0 Å². The largest absolute Gasteiger partial charge is 0.443 e. The molecular formula is C24H12Cl2F2N2O5. The van der Waals surface area contributed by atoms with Gasteiger partial charge in [0.15, 0.2) is 11.6 Å². The molecule has 4 aromatic carbocycles. The van der Waals surface area contributed by atoms with Crippen LogP contribution in [0.2, 0.25) is 10.0 Å². The number of nitro groups is 2. The number of benzene rings is 4. The summed E-state index contributed by atoms with van der Waals surface area (Å²) in [6.45, 7) is 0. The summed E-state index contributed by atoms with van der Waals surface area (Å²) >= 11 is 12.0. The van der Waals surface area contributed by atoms with Gasteiger partial charge in [-0.25, -0.2) is 8.78 Å². The third-order valence-corrected chi connectivity index (χ3v) is 5.57. The van der Waals surface area contributed by atoms with Gasteiger partial charge in [0, 0.05) is 12.1 Å². The van der Waals surface area contributed by atoms with Gasteiger partial charge in [0.2, 0.25) is 11.5 Å². The number of nitrogens with zero attached hydrogens (tertiary/aromatic N) is 2. The molecule has 0 bridgehead atoms. The minimum Gasteiger partial charge on any atom is -0.443 e. The molecule has 0 aliphatic carbocycles. The first-order valence-corrected chi connectivity index (χ1v) is 10.6. The van der Waals surface area contributed by atoms with Crippen LogP contribution in [0.4, 0.5) is 20.2 Å². The van der Waals surface area contributed by atoms with Gasteiger partial charge in [-0.3, -0.25) is 20.2 Å². The predicted molar refractivity (Wildman–Crippen MR) is 127 cm³/mol. The molecular weight excluding hydrogens is 505 g/mol. The summed E-state index contributed by atoms with van der Waals surface area (Å²) in [7, 11) is 0. The van der Waals surface area contributed by atoms with E-state index in [4.69, 9.17) is 27.9 Å². The zero-order valence-electron chi connectivity index (χ0n) is 17.4. The maximum Gasteiger partial charge on any atom is 0.322 e. The smallest absolute Gasteiger partial charge is 0.322 e. The van der Waals surface area contributed by atoms with E-state index < -0.39 is 65.5 Å². The van der Waals surface area contributed by atoms with Crippen molar-refractivity contribution in [1.82, 2.24) is 0 Å². The van der Waals surface area contributed by atoms with Crippen molar-refractivity contribution in [2.45, 2.75) is 0 Å². The molecule has 7 nitrogen and oxygen atoms in total. The molecule has 0 amide bonds. The number of hydrogen-bond donors (Lipinski definition) is 0. The Bertz CT molecular complexity index is 1360. The topological polar surface area (TPSA) is 95.5 Å². The fourth-order valence-corrected chi connectivity index (χ4v) is 3.95. The first-order chi connectivity index (χ1) is 16.7. The lowest BCUT2D eigenvalue weighted by Gasteiger charge is -2.14. The molecule has 11 heteroatoms. The zero-order chi connectivity index (χ0) is 25.3. The number of hydrogen-bond acceptors (Lipinski definition) is 5. The lowest BCUT2D eigenvalue weighted by atomic mass is 10.0. The van der Waals surface area contributed by atoms with Gasteiger partial charge in [0.25, 0.3) is 0 Å². The average Bonchev–Trinajstić information content (AvgIpc) is 2.83. The van der Waals surface area contributed by atoms with Crippen molar-refractivity contribution in [3.05, 3.63) is 115 Å². The van der Waals surface area contributed by atoms with Crippen LogP contribution in [-0.2, 0) is 0 Å². The SMILES string of the molecule is O=[N+]([O-])c1c(Oc2cc(Cl)c(F)c(-c3ccccc3)c2[N+](=O)[O-])cc(Cl)c(F)c1-c1ccccc1. The fourth-order valence-electron chi connectivity index (χ4n) is 3.56. The Balaban J connectivity index is 2.00. The van der Waals surface area contributed by atoms with E-state index in [1.54, 1.807) is 12.1 Å². The summed E-state index contributed by atoms with van der Waals surface area (Å²) in [6, 6.07) is 16.8. The Morgan fingerprint density at radius 3 is 1.31 bits per heavy atom. The highest BCUT2D eigenvalue weighted by Crippen LogP contribution is 2.49. The molecule has 0 aliphatic rings. The summed E-state index contributed by atoms with van der Waals surface area (Å²) in [5, 5.41) is 22.9. The third-order valence-electron chi connectivity index (χ3n) is 5.02. The maximum absolute atomic E-state index is 15.0. The molecule has 0 spiro atoms. The van der Waals surface area contributed by atoms with Gasteiger partial charge in [0.05, 0.1) is 19.9 Å². The van der Waals surface area contributed by atoms with Gasteiger partial charge in [-0.05, 0) is 11.1 Å². The van der Waals surface area contributed by atoms with Crippen molar-refractivity contribution >= 4 is 34.6 Å². The minimum absolute atomic E-state index is 0.126. The van der Waals surface area contributed by atoms with Crippen LogP contribution in [0.15, 0.2) is 72.8 Å². The third kappa shape index (κ3) is 4.51. The first-order valence-electron chi connectivity index (χ1n) is 9.82. The molecule has 0 saturated carbocycles. The average molecular weight is 517 g/mol. The van der Waals surface area contributed by atoms with E-state index in [1.807, 2.05) is 0 Å². The van der Waals surface area contributed by atoms with Crippen molar-refractivity contribution in [1.29, 1.82) is 0 Å². The van der Waals surface area contributed by atoms with Crippen LogP contribution in [-0.4, -0.2) is 9.85 Å². The predicted octanol–water partition coefficient (Wildman–Crippen LogP) is 8.21. The highest BCUT2D eigenvalue weighted by molar-refractivity contribution is 6.32. The quantitative estimate of drug-likeness (QED) is 0.190. The van der Waals surface area contributed by atoms with Gasteiger partial charge in [-0.1, -0.05) is 83.9 Å². The first kappa shape index (κ1) is 24.1. The van der Waals surface area contributed by atoms with E-state index in [0.717, 1.165) is 12.1 Å². The van der Waals surface area contributed by atoms with Crippen LogP contribution in [0.25, 0.3) is 22.3 Å². The Kier molecular flexibility index (Phi) is 6.63. The lowest BCUT2D eigenvalue weighted by molar-refractivity contribution is -0.386. The molecule has 0 atom stereocenters. The second-order valence-corrected chi connectivity index (χ2v) is 7.95. The van der Waals surface area contributed by atoms with Crippen LogP contribution in [0, 0.1) is 31.9 Å². The van der Waals surface area contributed by atoms with Crippen LogP contribution in [0.1, 0.15) is 0 Å². The van der Waals surface area contributed by atoms with Gasteiger partial charge in [0.1, 0.15) is 11.1 Å². The highest BCUT2D eigenvalue weighted by atomic mass is 35.5. The molecule has 0 heterocycles. The van der Waals surface area contributed by atoms with Gasteiger partial charge in [-0.2, -0.15) is 0 Å². The highest BCUT2D eigenvalue weighted by Gasteiger charge is 2.33. The van der Waals surface area contributed by atoms with Crippen LogP contribution < -0.4 is 4.74 Å². The normalized spacial score (nSPS) is 10.7. The monoisotopic (exact) mass is 516 g/mol. The van der Waals surface area contributed by atoms with Gasteiger partial charge >= 0.3 is 11.4 Å². The Hall–Kier alpha value is -4.08. The molecule has 0 saturated heterocycles. The second kappa shape index (κ2) is 9.65. The van der Waals surface area contributed by atoms with Crippen molar-refractivity contribution in [2.24, 2.45) is 0 Å². The number of nitro benzene ring substituents is 2. The van der Waals surface area contributed by atoms with Crippen LogP contribution in [0.5, 0.6) is 11.5 Å². The summed E-state index contributed by atoms with van der Waals surface area (Å²) in [6.07, 6.45) is 0. The summed E-state index contributed by atoms with van der Waals surface area (Å²) in [5.74, 6) is -3.34. The lowest BCUT2D eigenvalue weighted by Crippen LogP contribution is -2.03. The van der Waals surface area contributed by atoms with Gasteiger partial charge in [-0.15, -0.1) is 0 Å². The Labute approximate surface area is 206 Å². The summed E-state index contributed by atoms with van der Waals surface area (Å²) in [4.78, 5) is 22.2. The summed E-state index contributed by atoms with van der Waals surface area (Å²) < 4.78 is 35.5. The van der Waals surface area contributed by atoms with E-state index >= 15 is 0 Å². The number of halogens is 4. The molecule has 4 aromatic rings. The summed E-state index contributed by atoms with van der Waals surface area (Å²) in [5.41, 5.74) is -2.35. The molecule has 0 aromatic heterocycles. The molecule has 0 radical (unpaired) electrons. The molecule has 0 fully saturated rings. The van der Waals surface area contributed by atoms with E-state index in [0.29, 0.717) is 0 Å².